The molecular formula is C36H36N2O5. The second-order valence-electron chi connectivity index (χ2n) is 11.5. The summed E-state index contributed by atoms with van der Waals surface area (Å²) in [6.45, 7) is 6.21. The molecule has 1 atom stereocenters. The summed E-state index contributed by atoms with van der Waals surface area (Å²) in [6.07, 6.45) is 5.01. The molecule has 2 heterocycles. The van der Waals surface area contributed by atoms with Crippen LogP contribution in [0.4, 0.5) is 0 Å². The van der Waals surface area contributed by atoms with Crippen LogP contribution in [0.25, 0.3) is 11.6 Å². The first-order valence-electron chi connectivity index (χ1n) is 14.4. The van der Waals surface area contributed by atoms with Crippen molar-refractivity contribution in [3.63, 3.8) is 0 Å². The topological polar surface area (TPSA) is 83.6 Å². The predicted octanol–water partition coefficient (Wildman–Crippen LogP) is 7.26. The lowest BCUT2D eigenvalue weighted by atomic mass is 9.79. The van der Waals surface area contributed by atoms with Crippen molar-refractivity contribution >= 4 is 5.97 Å². The molecule has 5 aromatic rings. The second-order valence-corrected chi connectivity index (χ2v) is 11.5. The second kappa shape index (κ2) is 13.4. The van der Waals surface area contributed by atoms with Gasteiger partial charge in [0.05, 0.1) is 12.7 Å². The molecule has 0 unspecified atom stereocenters. The van der Waals surface area contributed by atoms with E-state index in [1.165, 1.54) is 12.3 Å². The standard InChI is InChI=1S/C36H36N2O5/c1-36(2,3)43-31(40)23-29(32(27-15-9-5-10-16-27)28-17-11-6-12-18-28)24-38-21-20-37-35(38)34-33(30(39)19-22-41-34)42-25-26-13-7-4-8-14-26/h4-22,29,32H,23-25H2,1-3H3/t29-/m1/s1. The van der Waals surface area contributed by atoms with Gasteiger partial charge in [0.2, 0.25) is 16.9 Å². The van der Waals surface area contributed by atoms with Crippen molar-refractivity contribution in [3.8, 4) is 17.3 Å². The van der Waals surface area contributed by atoms with E-state index in [1.807, 2.05) is 98.3 Å². The molecule has 43 heavy (non-hydrogen) atoms. The molecule has 0 fully saturated rings. The van der Waals surface area contributed by atoms with E-state index in [4.69, 9.17) is 13.9 Å². The van der Waals surface area contributed by atoms with Crippen LogP contribution in [-0.2, 0) is 22.7 Å². The maximum atomic E-state index is 13.3. The molecule has 5 rings (SSSR count). The number of esters is 1. The van der Waals surface area contributed by atoms with Gasteiger partial charge in [-0.1, -0.05) is 91.0 Å². The van der Waals surface area contributed by atoms with Gasteiger partial charge in [-0.2, -0.15) is 0 Å². The molecule has 0 saturated heterocycles. The molecule has 7 heteroatoms. The normalized spacial score (nSPS) is 12.2. The molecule has 220 valence electrons. The Labute approximate surface area is 251 Å². The quantitative estimate of drug-likeness (QED) is 0.154. The van der Waals surface area contributed by atoms with E-state index in [0.29, 0.717) is 12.4 Å². The fourth-order valence-corrected chi connectivity index (χ4v) is 5.29. The summed E-state index contributed by atoms with van der Waals surface area (Å²) in [5.41, 5.74) is 2.17. The first kappa shape index (κ1) is 29.6. The number of hydrogen-bond acceptors (Lipinski definition) is 6. The number of imidazole rings is 1. The fraction of sp³-hybridized carbons (Fsp3) is 0.250. The van der Waals surface area contributed by atoms with Crippen molar-refractivity contribution < 1.29 is 18.7 Å². The van der Waals surface area contributed by atoms with Crippen LogP contribution in [0.15, 0.2) is 125 Å². The molecule has 0 bridgehead atoms. The number of hydrogen-bond donors (Lipinski definition) is 0. The van der Waals surface area contributed by atoms with Gasteiger partial charge in [-0.3, -0.25) is 9.59 Å². The van der Waals surface area contributed by atoms with Crippen LogP contribution in [0.2, 0.25) is 0 Å². The minimum Gasteiger partial charge on any atom is -0.481 e. The van der Waals surface area contributed by atoms with Gasteiger partial charge in [-0.15, -0.1) is 0 Å². The lowest BCUT2D eigenvalue weighted by Crippen LogP contribution is -2.29. The summed E-state index contributed by atoms with van der Waals surface area (Å²) >= 11 is 0. The number of nitrogens with zero attached hydrogens (tertiary/aromatic N) is 2. The van der Waals surface area contributed by atoms with Crippen molar-refractivity contribution in [1.82, 2.24) is 9.55 Å². The Balaban J connectivity index is 1.53. The number of ether oxygens (including phenoxy) is 2. The van der Waals surface area contributed by atoms with E-state index in [9.17, 15) is 9.59 Å². The number of benzene rings is 3. The third-order valence-corrected chi connectivity index (χ3v) is 7.05. The van der Waals surface area contributed by atoms with Crippen molar-refractivity contribution in [2.75, 3.05) is 0 Å². The third kappa shape index (κ3) is 7.68. The van der Waals surface area contributed by atoms with Crippen LogP contribution in [0.3, 0.4) is 0 Å². The summed E-state index contributed by atoms with van der Waals surface area (Å²) in [6, 6.07) is 31.3. The number of rotatable bonds is 11. The van der Waals surface area contributed by atoms with E-state index < -0.39 is 5.60 Å². The van der Waals surface area contributed by atoms with Crippen molar-refractivity contribution in [1.29, 1.82) is 0 Å². The van der Waals surface area contributed by atoms with E-state index in [0.717, 1.165) is 16.7 Å². The highest BCUT2D eigenvalue weighted by molar-refractivity contribution is 5.70. The fourth-order valence-electron chi connectivity index (χ4n) is 5.29. The highest BCUT2D eigenvalue weighted by Gasteiger charge is 2.31. The van der Waals surface area contributed by atoms with E-state index in [1.54, 1.807) is 6.20 Å². The van der Waals surface area contributed by atoms with Crippen LogP contribution in [0.1, 0.15) is 49.8 Å². The monoisotopic (exact) mass is 576 g/mol. The highest BCUT2D eigenvalue weighted by Crippen LogP contribution is 2.37. The zero-order chi connectivity index (χ0) is 30.2. The first-order valence-corrected chi connectivity index (χ1v) is 14.4. The van der Waals surface area contributed by atoms with Gasteiger partial charge in [0.25, 0.3) is 0 Å². The average Bonchev–Trinajstić information content (AvgIpc) is 3.45. The van der Waals surface area contributed by atoms with E-state index >= 15 is 0 Å². The average molecular weight is 577 g/mol. The molecule has 0 aliphatic rings. The number of carbonyl (C=O) groups is 1. The van der Waals surface area contributed by atoms with Crippen molar-refractivity contribution in [2.24, 2.45) is 5.92 Å². The van der Waals surface area contributed by atoms with Crippen LogP contribution in [-0.4, -0.2) is 21.1 Å². The maximum absolute atomic E-state index is 13.3. The molecule has 0 aliphatic heterocycles. The number of aromatic nitrogens is 2. The van der Waals surface area contributed by atoms with Gasteiger partial charge < -0.3 is 18.5 Å². The minimum absolute atomic E-state index is 0.0881. The molecule has 7 nitrogen and oxygen atoms in total. The van der Waals surface area contributed by atoms with E-state index in [2.05, 4.69) is 29.2 Å². The molecule has 2 aromatic heterocycles. The number of carbonyl (C=O) groups excluding carboxylic acids is 1. The Morgan fingerprint density at radius 3 is 2.09 bits per heavy atom. The van der Waals surface area contributed by atoms with Gasteiger partial charge in [0, 0.05) is 30.9 Å². The Hall–Kier alpha value is -4.91. The summed E-state index contributed by atoms with van der Waals surface area (Å²) in [7, 11) is 0. The summed E-state index contributed by atoms with van der Waals surface area (Å²) in [5, 5.41) is 0. The molecular weight excluding hydrogens is 540 g/mol. The summed E-state index contributed by atoms with van der Waals surface area (Å²) in [5.74, 6) is 0.132. The molecule has 0 saturated carbocycles. The van der Waals surface area contributed by atoms with Crippen molar-refractivity contribution in [2.45, 2.75) is 51.9 Å². The molecule has 0 N–H and O–H groups in total. The van der Waals surface area contributed by atoms with Gasteiger partial charge >= 0.3 is 5.97 Å². The Bertz CT molecular complexity index is 1630. The molecule has 0 aliphatic carbocycles. The van der Waals surface area contributed by atoms with Crippen molar-refractivity contribution in [3.05, 3.63) is 143 Å². The SMILES string of the molecule is CC(C)(C)OC(=O)C[C@H](Cn1ccnc1-c1occc(=O)c1OCc1ccccc1)C(c1ccccc1)c1ccccc1. The molecule has 0 radical (unpaired) electrons. The maximum Gasteiger partial charge on any atom is 0.306 e. The molecule has 0 amide bonds. The Kier molecular flexibility index (Phi) is 9.20. The Morgan fingerprint density at radius 2 is 1.49 bits per heavy atom. The zero-order valence-corrected chi connectivity index (χ0v) is 24.7. The predicted molar refractivity (Wildman–Crippen MR) is 166 cm³/mol. The Morgan fingerprint density at radius 1 is 0.884 bits per heavy atom. The lowest BCUT2D eigenvalue weighted by Gasteiger charge is -2.30. The molecule has 0 spiro atoms. The largest absolute Gasteiger partial charge is 0.481 e. The highest BCUT2D eigenvalue weighted by atomic mass is 16.6. The summed E-state index contributed by atoms with van der Waals surface area (Å²) in [4.78, 5) is 30.8. The first-order chi connectivity index (χ1) is 20.8. The third-order valence-electron chi connectivity index (χ3n) is 7.05. The van der Waals surface area contributed by atoms with Crippen LogP contribution < -0.4 is 10.2 Å². The van der Waals surface area contributed by atoms with Gasteiger partial charge in [-0.25, -0.2) is 4.98 Å². The van der Waals surface area contributed by atoms with Crippen LogP contribution in [0.5, 0.6) is 5.75 Å². The van der Waals surface area contributed by atoms with Gasteiger partial charge in [0.15, 0.2) is 5.82 Å². The molecule has 3 aromatic carbocycles. The van der Waals surface area contributed by atoms with E-state index in [-0.39, 0.29) is 47.8 Å². The smallest absolute Gasteiger partial charge is 0.306 e. The van der Waals surface area contributed by atoms with Crippen LogP contribution in [0, 0.1) is 5.92 Å². The lowest BCUT2D eigenvalue weighted by molar-refractivity contribution is -0.156. The minimum atomic E-state index is -0.616. The van der Waals surface area contributed by atoms with Gasteiger partial charge in [-0.05, 0) is 43.4 Å². The summed E-state index contributed by atoms with van der Waals surface area (Å²) < 4.78 is 19.6. The van der Waals surface area contributed by atoms with Gasteiger partial charge in [0.1, 0.15) is 12.2 Å². The van der Waals surface area contributed by atoms with Crippen LogP contribution >= 0.6 is 0 Å². The zero-order valence-electron chi connectivity index (χ0n) is 24.7.